The van der Waals surface area contributed by atoms with Gasteiger partial charge in [0.25, 0.3) is 0 Å². The maximum absolute atomic E-state index is 11.9. The van der Waals surface area contributed by atoms with E-state index < -0.39 is 5.91 Å². The van der Waals surface area contributed by atoms with E-state index in [9.17, 15) is 9.59 Å². The Morgan fingerprint density at radius 3 is 2.58 bits per heavy atom. The van der Waals surface area contributed by atoms with Crippen molar-refractivity contribution in [1.82, 2.24) is 4.90 Å². The number of carbonyl (C=O) groups excluding carboxylic acids is 2. The molecule has 3 amide bonds. The molecule has 0 atom stereocenters. The zero-order valence-corrected chi connectivity index (χ0v) is 10.9. The lowest BCUT2D eigenvalue weighted by molar-refractivity contribution is 0.0564. The number of halogens is 1. The second kappa shape index (κ2) is 5.90. The van der Waals surface area contributed by atoms with Gasteiger partial charge in [0, 0.05) is 18.8 Å². The van der Waals surface area contributed by atoms with Crippen LogP contribution in [0.25, 0.3) is 0 Å². The Morgan fingerprint density at radius 1 is 1.32 bits per heavy atom. The molecule has 19 heavy (non-hydrogen) atoms. The SMILES string of the molecule is NC(=O)c1ccc(NC(=O)N2CCOCC2)cc1Cl. The highest BCUT2D eigenvalue weighted by molar-refractivity contribution is 6.34. The van der Waals surface area contributed by atoms with E-state index in [0.29, 0.717) is 32.0 Å². The number of carbonyl (C=O) groups is 2. The number of nitrogens with zero attached hydrogens (tertiary/aromatic N) is 1. The lowest BCUT2D eigenvalue weighted by Gasteiger charge is -2.27. The standard InChI is InChI=1S/C12H14ClN3O3/c13-10-7-8(1-2-9(10)11(14)17)15-12(18)16-3-5-19-6-4-16/h1-2,7H,3-6H2,(H2,14,17)(H,15,18). The minimum Gasteiger partial charge on any atom is -0.378 e. The Kier molecular flexibility index (Phi) is 4.24. The summed E-state index contributed by atoms with van der Waals surface area (Å²) in [6, 6.07) is 4.36. The fraction of sp³-hybridized carbons (Fsp3) is 0.333. The first-order valence-electron chi connectivity index (χ1n) is 5.81. The molecule has 1 saturated heterocycles. The first-order valence-corrected chi connectivity index (χ1v) is 6.19. The van der Waals surface area contributed by atoms with Gasteiger partial charge >= 0.3 is 6.03 Å². The second-order valence-corrected chi connectivity index (χ2v) is 4.50. The monoisotopic (exact) mass is 283 g/mol. The van der Waals surface area contributed by atoms with Gasteiger partial charge in [0.15, 0.2) is 0 Å². The van der Waals surface area contributed by atoms with Crippen LogP contribution in [0, 0.1) is 0 Å². The summed E-state index contributed by atoms with van der Waals surface area (Å²) in [4.78, 5) is 24.6. The van der Waals surface area contributed by atoms with Crippen molar-refractivity contribution in [1.29, 1.82) is 0 Å². The van der Waals surface area contributed by atoms with Gasteiger partial charge in [-0.2, -0.15) is 0 Å². The van der Waals surface area contributed by atoms with E-state index in [1.165, 1.54) is 12.1 Å². The average Bonchev–Trinajstić information content (AvgIpc) is 2.39. The fourth-order valence-electron chi connectivity index (χ4n) is 1.76. The van der Waals surface area contributed by atoms with E-state index in [2.05, 4.69) is 5.32 Å². The zero-order chi connectivity index (χ0) is 13.8. The first-order chi connectivity index (χ1) is 9.08. The molecule has 7 heteroatoms. The molecule has 0 saturated carbocycles. The van der Waals surface area contributed by atoms with Crippen molar-refractivity contribution >= 4 is 29.2 Å². The van der Waals surface area contributed by atoms with Crippen molar-refractivity contribution in [2.45, 2.75) is 0 Å². The van der Waals surface area contributed by atoms with Crippen LogP contribution in [-0.2, 0) is 4.74 Å². The number of hydrogen-bond acceptors (Lipinski definition) is 3. The average molecular weight is 284 g/mol. The molecule has 0 aliphatic carbocycles. The van der Waals surface area contributed by atoms with Crippen LogP contribution in [0.4, 0.5) is 10.5 Å². The van der Waals surface area contributed by atoms with Gasteiger partial charge in [-0.1, -0.05) is 11.6 Å². The third kappa shape index (κ3) is 3.36. The molecule has 1 heterocycles. The number of benzene rings is 1. The molecule has 1 fully saturated rings. The van der Waals surface area contributed by atoms with Crippen LogP contribution in [0.15, 0.2) is 18.2 Å². The minimum absolute atomic E-state index is 0.215. The van der Waals surface area contributed by atoms with E-state index in [-0.39, 0.29) is 16.6 Å². The van der Waals surface area contributed by atoms with Crippen LogP contribution in [-0.4, -0.2) is 43.1 Å². The van der Waals surface area contributed by atoms with Crippen molar-refractivity contribution in [2.24, 2.45) is 5.73 Å². The van der Waals surface area contributed by atoms with Gasteiger partial charge in [-0.05, 0) is 18.2 Å². The normalized spacial score (nSPS) is 15.1. The quantitative estimate of drug-likeness (QED) is 0.858. The largest absolute Gasteiger partial charge is 0.378 e. The number of primary amides is 1. The van der Waals surface area contributed by atoms with Gasteiger partial charge in [0.05, 0.1) is 23.8 Å². The summed E-state index contributed by atoms with van der Waals surface area (Å²) in [7, 11) is 0. The first kappa shape index (κ1) is 13.6. The number of amides is 3. The minimum atomic E-state index is -0.601. The summed E-state index contributed by atoms with van der Waals surface area (Å²) in [5.41, 5.74) is 5.90. The van der Waals surface area contributed by atoms with Crippen LogP contribution < -0.4 is 11.1 Å². The molecule has 3 N–H and O–H groups in total. The number of morpholine rings is 1. The van der Waals surface area contributed by atoms with Gasteiger partial charge in [0.2, 0.25) is 5.91 Å². The highest BCUT2D eigenvalue weighted by Crippen LogP contribution is 2.21. The van der Waals surface area contributed by atoms with Gasteiger partial charge in [-0.25, -0.2) is 4.79 Å². The highest BCUT2D eigenvalue weighted by Gasteiger charge is 2.17. The summed E-state index contributed by atoms with van der Waals surface area (Å²) in [6.07, 6.45) is 0. The van der Waals surface area contributed by atoms with Gasteiger partial charge < -0.3 is 20.7 Å². The highest BCUT2D eigenvalue weighted by atomic mass is 35.5. The topological polar surface area (TPSA) is 84.7 Å². The maximum Gasteiger partial charge on any atom is 0.322 e. The van der Waals surface area contributed by atoms with Gasteiger partial charge in [0.1, 0.15) is 0 Å². The van der Waals surface area contributed by atoms with Crippen molar-refractivity contribution < 1.29 is 14.3 Å². The molecule has 0 radical (unpaired) electrons. The Bertz CT molecular complexity index is 501. The van der Waals surface area contributed by atoms with E-state index >= 15 is 0 Å². The predicted molar refractivity (Wildman–Crippen MR) is 71.4 cm³/mol. The number of rotatable bonds is 2. The summed E-state index contributed by atoms with van der Waals surface area (Å²) in [5.74, 6) is -0.601. The van der Waals surface area contributed by atoms with E-state index in [1.807, 2.05) is 0 Å². The summed E-state index contributed by atoms with van der Waals surface area (Å²) in [6.45, 7) is 2.18. The number of ether oxygens (including phenoxy) is 1. The third-order valence-corrected chi connectivity index (χ3v) is 3.10. The number of anilines is 1. The molecule has 0 unspecified atom stereocenters. The lowest BCUT2D eigenvalue weighted by atomic mass is 10.2. The number of hydrogen-bond donors (Lipinski definition) is 2. The summed E-state index contributed by atoms with van der Waals surface area (Å²) < 4.78 is 5.17. The number of nitrogens with two attached hydrogens (primary N) is 1. The smallest absolute Gasteiger partial charge is 0.322 e. The van der Waals surface area contributed by atoms with Crippen LogP contribution in [0.1, 0.15) is 10.4 Å². The molecule has 1 aliphatic rings. The van der Waals surface area contributed by atoms with Gasteiger partial charge in [-0.15, -0.1) is 0 Å². The van der Waals surface area contributed by atoms with E-state index in [4.69, 9.17) is 22.1 Å². The van der Waals surface area contributed by atoms with Crippen LogP contribution >= 0.6 is 11.6 Å². The Balaban J connectivity index is 2.04. The van der Waals surface area contributed by atoms with Crippen molar-refractivity contribution in [3.05, 3.63) is 28.8 Å². The fourth-order valence-corrected chi connectivity index (χ4v) is 2.04. The van der Waals surface area contributed by atoms with Crippen molar-refractivity contribution in [3.63, 3.8) is 0 Å². The molecule has 1 aromatic rings. The van der Waals surface area contributed by atoms with Crippen molar-refractivity contribution in [2.75, 3.05) is 31.6 Å². The van der Waals surface area contributed by atoms with E-state index in [1.54, 1.807) is 11.0 Å². The van der Waals surface area contributed by atoms with E-state index in [0.717, 1.165) is 0 Å². The molecule has 0 spiro atoms. The predicted octanol–water partition coefficient (Wildman–Crippen LogP) is 1.30. The van der Waals surface area contributed by atoms with Gasteiger partial charge in [-0.3, -0.25) is 4.79 Å². The maximum atomic E-state index is 11.9. The molecular weight excluding hydrogens is 270 g/mol. The van der Waals surface area contributed by atoms with Crippen LogP contribution in [0.2, 0.25) is 5.02 Å². The Hall–Kier alpha value is -1.79. The van der Waals surface area contributed by atoms with Crippen LogP contribution in [0.3, 0.4) is 0 Å². The number of urea groups is 1. The molecule has 2 rings (SSSR count). The molecule has 102 valence electrons. The lowest BCUT2D eigenvalue weighted by Crippen LogP contribution is -2.43. The van der Waals surface area contributed by atoms with Crippen LogP contribution in [0.5, 0.6) is 0 Å². The molecule has 0 aromatic heterocycles. The molecule has 1 aliphatic heterocycles. The number of nitrogens with one attached hydrogen (secondary N) is 1. The second-order valence-electron chi connectivity index (χ2n) is 4.09. The summed E-state index contributed by atoms with van der Waals surface area (Å²) >= 11 is 5.91. The molecule has 6 nitrogen and oxygen atoms in total. The molecule has 1 aromatic carbocycles. The third-order valence-electron chi connectivity index (χ3n) is 2.78. The molecule has 0 bridgehead atoms. The molecular formula is C12H14ClN3O3. The van der Waals surface area contributed by atoms with Crippen molar-refractivity contribution in [3.8, 4) is 0 Å². The summed E-state index contributed by atoms with van der Waals surface area (Å²) in [5, 5.41) is 2.93. The zero-order valence-electron chi connectivity index (χ0n) is 10.2. The Labute approximate surface area is 115 Å². The Morgan fingerprint density at radius 2 is 2.00 bits per heavy atom.